The van der Waals surface area contributed by atoms with Gasteiger partial charge in [0.25, 0.3) is 0 Å². The number of benzene rings is 1. The number of unbranched alkanes of at least 4 members (excludes halogenated alkanes) is 2. The molecule has 0 atom stereocenters. The number of terminal acetylenes is 1. The van der Waals surface area contributed by atoms with Gasteiger partial charge in [-0.25, -0.2) is 17.5 Å². The molecular weight excluding hydrogens is 255 g/mol. The van der Waals surface area contributed by atoms with Gasteiger partial charge >= 0.3 is 0 Å². The molecule has 6 heteroatoms. The minimum atomic E-state index is -3.77. The molecule has 0 amide bonds. The number of sulfonamides is 1. The molecule has 0 unspecified atom stereocenters. The van der Waals surface area contributed by atoms with Crippen LogP contribution in [0.2, 0.25) is 0 Å². The average molecular weight is 270 g/mol. The molecule has 4 nitrogen and oxygen atoms in total. The summed E-state index contributed by atoms with van der Waals surface area (Å²) in [6.45, 7) is 0.250. The zero-order valence-electron chi connectivity index (χ0n) is 9.82. The lowest BCUT2D eigenvalue weighted by Gasteiger charge is -2.09. The summed E-state index contributed by atoms with van der Waals surface area (Å²) in [5.41, 5.74) is 5.03. The molecule has 0 aliphatic rings. The number of hydrogen-bond donors (Lipinski definition) is 2. The Morgan fingerprint density at radius 3 is 2.78 bits per heavy atom. The lowest BCUT2D eigenvalue weighted by Crippen LogP contribution is -2.25. The Morgan fingerprint density at radius 1 is 1.39 bits per heavy atom. The monoisotopic (exact) mass is 270 g/mol. The van der Waals surface area contributed by atoms with Crippen LogP contribution in [0.3, 0.4) is 0 Å². The zero-order chi connectivity index (χ0) is 13.6. The Hall–Kier alpha value is -1.58. The maximum Gasteiger partial charge on any atom is 0.242 e. The Kier molecular flexibility index (Phi) is 5.13. The molecule has 0 spiro atoms. The number of nitrogens with two attached hydrogens (primary N) is 1. The fourth-order valence-corrected chi connectivity index (χ4v) is 2.60. The minimum Gasteiger partial charge on any atom is -0.395 e. The summed E-state index contributed by atoms with van der Waals surface area (Å²) >= 11 is 0. The molecule has 0 saturated heterocycles. The maximum absolute atomic E-state index is 13.2. The third kappa shape index (κ3) is 3.72. The molecule has 18 heavy (non-hydrogen) atoms. The highest BCUT2D eigenvalue weighted by Crippen LogP contribution is 2.20. The molecule has 0 heterocycles. The summed E-state index contributed by atoms with van der Waals surface area (Å²) in [4.78, 5) is -0.237. The molecule has 0 radical (unpaired) electrons. The number of halogens is 1. The quantitative estimate of drug-likeness (QED) is 0.467. The van der Waals surface area contributed by atoms with Crippen LogP contribution in [-0.2, 0) is 10.0 Å². The van der Waals surface area contributed by atoms with Gasteiger partial charge in [-0.05, 0) is 25.0 Å². The molecule has 1 rings (SSSR count). The number of nitrogens with one attached hydrogen (secondary N) is 1. The molecule has 0 aromatic heterocycles. The SMILES string of the molecule is C#CCCCCNS(=O)(=O)c1cccc(F)c1N. The molecule has 0 bridgehead atoms. The van der Waals surface area contributed by atoms with Gasteiger partial charge in [0.2, 0.25) is 10.0 Å². The largest absolute Gasteiger partial charge is 0.395 e. The van der Waals surface area contributed by atoms with Gasteiger partial charge in [-0.2, -0.15) is 0 Å². The van der Waals surface area contributed by atoms with Crippen LogP contribution in [-0.4, -0.2) is 15.0 Å². The molecule has 1 aromatic rings. The first-order chi connectivity index (χ1) is 8.49. The lowest BCUT2D eigenvalue weighted by molar-refractivity contribution is 0.575. The van der Waals surface area contributed by atoms with Gasteiger partial charge in [-0.1, -0.05) is 6.07 Å². The van der Waals surface area contributed by atoms with Crippen LogP contribution in [0.15, 0.2) is 23.1 Å². The molecule has 0 saturated carbocycles. The van der Waals surface area contributed by atoms with Crippen molar-refractivity contribution in [2.45, 2.75) is 24.2 Å². The standard InChI is InChI=1S/C12H15FN2O2S/c1-2-3-4-5-9-15-18(16,17)11-8-6-7-10(13)12(11)14/h1,6-8,15H,3-5,9,14H2. The van der Waals surface area contributed by atoms with E-state index in [1.165, 1.54) is 12.1 Å². The lowest BCUT2D eigenvalue weighted by atomic mass is 10.2. The summed E-state index contributed by atoms with van der Waals surface area (Å²) in [5, 5.41) is 0. The van der Waals surface area contributed by atoms with Gasteiger partial charge in [-0.15, -0.1) is 12.3 Å². The van der Waals surface area contributed by atoms with Crippen molar-refractivity contribution in [3.63, 3.8) is 0 Å². The number of rotatable bonds is 6. The van der Waals surface area contributed by atoms with E-state index in [4.69, 9.17) is 12.2 Å². The first-order valence-corrected chi connectivity index (χ1v) is 6.94. The maximum atomic E-state index is 13.2. The Labute approximate surface area is 106 Å². The number of nitrogen functional groups attached to an aromatic ring is 1. The first-order valence-electron chi connectivity index (χ1n) is 5.46. The van der Waals surface area contributed by atoms with Crippen LogP contribution in [0, 0.1) is 18.2 Å². The van der Waals surface area contributed by atoms with Crippen molar-refractivity contribution in [2.75, 3.05) is 12.3 Å². The normalized spacial score (nSPS) is 11.1. The molecular formula is C12H15FN2O2S. The highest BCUT2D eigenvalue weighted by Gasteiger charge is 2.18. The van der Waals surface area contributed by atoms with Crippen molar-refractivity contribution in [1.29, 1.82) is 0 Å². The van der Waals surface area contributed by atoms with Gasteiger partial charge < -0.3 is 5.73 Å². The topological polar surface area (TPSA) is 72.2 Å². The Balaban J connectivity index is 2.70. The van der Waals surface area contributed by atoms with Crippen LogP contribution in [0.4, 0.5) is 10.1 Å². The number of para-hydroxylation sites is 1. The summed E-state index contributed by atoms with van der Waals surface area (Å²) < 4.78 is 39.2. The van der Waals surface area contributed by atoms with Gasteiger partial charge in [-0.3, -0.25) is 0 Å². The van der Waals surface area contributed by atoms with E-state index in [1.54, 1.807) is 0 Å². The molecule has 0 aliphatic heterocycles. The second-order valence-corrected chi connectivity index (χ2v) is 5.45. The highest BCUT2D eigenvalue weighted by atomic mass is 32.2. The minimum absolute atomic E-state index is 0.237. The van der Waals surface area contributed by atoms with Crippen molar-refractivity contribution in [2.24, 2.45) is 0 Å². The molecule has 0 aliphatic carbocycles. The molecule has 0 fully saturated rings. The third-order valence-corrected chi connectivity index (χ3v) is 3.86. The van der Waals surface area contributed by atoms with E-state index in [9.17, 15) is 12.8 Å². The predicted octanol–water partition coefficient (Wildman–Crippen LogP) is 1.49. The van der Waals surface area contributed by atoms with E-state index in [2.05, 4.69) is 10.6 Å². The fourth-order valence-electron chi connectivity index (χ4n) is 1.39. The van der Waals surface area contributed by atoms with E-state index in [0.29, 0.717) is 12.8 Å². The summed E-state index contributed by atoms with van der Waals surface area (Å²) in [6.07, 6.45) is 7.04. The Bertz CT molecular complexity index is 550. The van der Waals surface area contributed by atoms with Crippen molar-refractivity contribution < 1.29 is 12.8 Å². The van der Waals surface area contributed by atoms with Gasteiger partial charge in [0.15, 0.2) is 0 Å². The molecule has 3 N–H and O–H groups in total. The summed E-state index contributed by atoms with van der Waals surface area (Å²) in [7, 11) is -3.77. The summed E-state index contributed by atoms with van der Waals surface area (Å²) in [6, 6.07) is 3.68. The van der Waals surface area contributed by atoms with E-state index in [-0.39, 0.29) is 17.1 Å². The van der Waals surface area contributed by atoms with Crippen molar-refractivity contribution >= 4 is 15.7 Å². The van der Waals surface area contributed by atoms with E-state index in [0.717, 1.165) is 12.5 Å². The van der Waals surface area contributed by atoms with Crippen LogP contribution in [0.5, 0.6) is 0 Å². The van der Waals surface area contributed by atoms with Crippen molar-refractivity contribution in [3.05, 3.63) is 24.0 Å². The Morgan fingerprint density at radius 2 is 2.11 bits per heavy atom. The van der Waals surface area contributed by atoms with E-state index < -0.39 is 15.8 Å². The van der Waals surface area contributed by atoms with Gasteiger partial charge in [0, 0.05) is 13.0 Å². The fraction of sp³-hybridized carbons (Fsp3) is 0.333. The summed E-state index contributed by atoms with van der Waals surface area (Å²) in [5.74, 6) is 1.72. The second-order valence-electron chi connectivity index (χ2n) is 3.71. The van der Waals surface area contributed by atoms with E-state index in [1.807, 2.05) is 0 Å². The highest BCUT2D eigenvalue weighted by molar-refractivity contribution is 7.89. The smallest absolute Gasteiger partial charge is 0.242 e. The van der Waals surface area contributed by atoms with Gasteiger partial charge in [0.05, 0.1) is 5.69 Å². The van der Waals surface area contributed by atoms with Crippen molar-refractivity contribution in [1.82, 2.24) is 4.72 Å². The average Bonchev–Trinajstić information content (AvgIpc) is 2.32. The van der Waals surface area contributed by atoms with Crippen LogP contribution in [0.1, 0.15) is 19.3 Å². The van der Waals surface area contributed by atoms with E-state index >= 15 is 0 Å². The molecule has 1 aromatic carbocycles. The van der Waals surface area contributed by atoms with Gasteiger partial charge in [0.1, 0.15) is 10.7 Å². The first kappa shape index (κ1) is 14.5. The predicted molar refractivity (Wildman–Crippen MR) is 68.7 cm³/mol. The van der Waals surface area contributed by atoms with Crippen LogP contribution >= 0.6 is 0 Å². The molecule has 98 valence electrons. The van der Waals surface area contributed by atoms with Crippen molar-refractivity contribution in [3.8, 4) is 12.3 Å². The second kappa shape index (κ2) is 6.38. The van der Waals surface area contributed by atoms with Crippen LogP contribution < -0.4 is 10.5 Å². The van der Waals surface area contributed by atoms with Crippen LogP contribution in [0.25, 0.3) is 0 Å². The number of hydrogen-bond acceptors (Lipinski definition) is 3. The number of anilines is 1. The third-order valence-electron chi connectivity index (χ3n) is 2.34. The zero-order valence-corrected chi connectivity index (χ0v) is 10.6.